The molecule has 0 aliphatic carbocycles. The van der Waals surface area contributed by atoms with Crippen molar-refractivity contribution in [3.8, 4) is 5.75 Å². The quantitative estimate of drug-likeness (QED) is 0.210. The Morgan fingerprint density at radius 2 is 1.72 bits per heavy atom. The molecule has 0 saturated carbocycles. The second kappa shape index (κ2) is 8.51. The zero-order valence-electron chi connectivity index (χ0n) is 13.1. The lowest BCUT2D eigenvalue weighted by Gasteiger charge is -2.10. The summed E-state index contributed by atoms with van der Waals surface area (Å²) in [5.74, 6) is 0.156. The minimum absolute atomic E-state index is 0.359. The first-order chi connectivity index (χ1) is 12.0. The Hall–Kier alpha value is -1.12. The number of carbonyl (C=O) groups is 1. The molecule has 0 atom stereocenters. The molecule has 0 unspecified atom stereocenters. The Balaban J connectivity index is 1.77. The largest absolute Gasteiger partial charge is 0.421 e. The normalized spacial score (nSPS) is 10.7. The van der Waals surface area contributed by atoms with Crippen molar-refractivity contribution < 1.29 is 9.53 Å². The smallest absolute Gasteiger partial charge is 0.360 e. The fourth-order valence-electron chi connectivity index (χ4n) is 2.45. The Morgan fingerprint density at radius 1 is 1.04 bits per heavy atom. The van der Waals surface area contributed by atoms with Crippen molar-refractivity contribution in [1.82, 2.24) is 4.57 Å². The molecule has 0 aliphatic heterocycles. The van der Waals surface area contributed by atoms with E-state index in [1.54, 1.807) is 6.07 Å². The molecule has 0 radical (unpaired) electrons. The molecule has 25 heavy (non-hydrogen) atoms. The summed E-state index contributed by atoms with van der Waals surface area (Å²) in [6.45, 7) is 0.700. The number of carbonyl (C=O) groups excluding carboxylic acids is 1. The van der Waals surface area contributed by atoms with E-state index < -0.39 is 0 Å². The highest BCUT2D eigenvalue weighted by Gasteiger charge is 2.16. The van der Waals surface area contributed by atoms with Gasteiger partial charge in [-0.05, 0) is 74.8 Å². The maximum atomic E-state index is 12.6. The van der Waals surface area contributed by atoms with Gasteiger partial charge in [-0.3, -0.25) is 0 Å². The third-order valence-corrected chi connectivity index (χ3v) is 5.71. The number of aromatic nitrogens is 1. The van der Waals surface area contributed by atoms with E-state index in [0.29, 0.717) is 18.0 Å². The molecule has 1 heterocycles. The summed E-state index contributed by atoms with van der Waals surface area (Å²) in [4.78, 5) is 12.6. The molecule has 3 nitrogen and oxygen atoms in total. The molecule has 3 aromatic rings. The summed E-state index contributed by atoms with van der Waals surface area (Å²) < 4.78 is 10.3. The van der Waals surface area contributed by atoms with Gasteiger partial charge in [-0.2, -0.15) is 0 Å². The SMILES string of the molecule is O=C(Oc1ccccc1Br)c1cc(I)cn1CCc1ccccc1Br. The predicted octanol–water partition coefficient (Wildman–Crippen LogP) is 6.08. The van der Waals surface area contributed by atoms with E-state index in [1.807, 2.05) is 53.2 Å². The lowest BCUT2D eigenvalue weighted by molar-refractivity contribution is 0.0722. The van der Waals surface area contributed by atoms with Crippen LogP contribution in [0.1, 0.15) is 16.1 Å². The highest BCUT2D eigenvalue weighted by atomic mass is 127. The number of rotatable bonds is 5. The maximum Gasteiger partial charge on any atom is 0.360 e. The predicted molar refractivity (Wildman–Crippen MR) is 114 cm³/mol. The number of aryl methyl sites for hydroxylation is 2. The molecule has 2 aromatic carbocycles. The average molecular weight is 575 g/mol. The molecule has 0 spiro atoms. The van der Waals surface area contributed by atoms with E-state index in [9.17, 15) is 4.79 Å². The van der Waals surface area contributed by atoms with Crippen molar-refractivity contribution in [2.24, 2.45) is 0 Å². The van der Waals surface area contributed by atoms with Crippen LogP contribution < -0.4 is 4.74 Å². The zero-order valence-corrected chi connectivity index (χ0v) is 18.4. The number of hydrogen-bond donors (Lipinski definition) is 0. The van der Waals surface area contributed by atoms with Gasteiger partial charge in [-0.15, -0.1) is 0 Å². The summed E-state index contributed by atoms with van der Waals surface area (Å²) in [6.07, 6.45) is 2.79. The number of para-hydroxylation sites is 1. The van der Waals surface area contributed by atoms with Gasteiger partial charge in [-0.1, -0.05) is 46.3 Å². The van der Waals surface area contributed by atoms with Gasteiger partial charge in [0.1, 0.15) is 11.4 Å². The van der Waals surface area contributed by atoms with Crippen LogP contribution in [0.2, 0.25) is 0 Å². The van der Waals surface area contributed by atoms with Crippen molar-refractivity contribution in [3.63, 3.8) is 0 Å². The molecule has 0 fully saturated rings. The van der Waals surface area contributed by atoms with Crippen molar-refractivity contribution in [3.05, 3.63) is 84.6 Å². The lowest BCUT2D eigenvalue weighted by atomic mass is 10.1. The zero-order chi connectivity index (χ0) is 17.8. The third-order valence-electron chi connectivity index (χ3n) is 3.69. The van der Waals surface area contributed by atoms with Crippen LogP contribution in [0.5, 0.6) is 5.75 Å². The van der Waals surface area contributed by atoms with Gasteiger partial charge in [0.15, 0.2) is 0 Å². The van der Waals surface area contributed by atoms with Crippen LogP contribution in [0.4, 0.5) is 0 Å². The molecule has 0 saturated heterocycles. The summed E-state index contributed by atoms with van der Waals surface area (Å²) in [7, 11) is 0. The van der Waals surface area contributed by atoms with Gasteiger partial charge in [-0.25, -0.2) is 4.79 Å². The topological polar surface area (TPSA) is 31.2 Å². The summed E-state index contributed by atoms with van der Waals surface area (Å²) in [6, 6.07) is 17.3. The Kier molecular flexibility index (Phi) is 6.35. The maximum absolute atomic E-state index is 12.6. The molecule has 128 valence electrons. The minimum Gasteiger partial charge on any atom is -0.421 e. The van der Waals surface area contributed by atoms with Crippen LogP contribution >= 0.6 is 54.5 Å². The molecule has 0 aliphatic rings. The van der Waals surface area contributed by atoms with Crippen LogP contribution in [-0.2, 0) is 13.0 Å². The number of benzene rings is 2. The fraction of sp³-hybridized carbons (Fsp3) is 0.105. The molecule has 3 rings (SSSR count). The summed E-state index contributed by atoms with van der Waals surface area (Å²) in [5.41, 5.74) is 1.75. The highest BCUT2D eigenvalue weighted by Crippen LogP contribution is 2.25. The van der Waals surface area contributed by atoms with E-state index in [4.69, 9.17) is 4.74 Å². The Morgan fingerprint density at radius 3 is 2.44 bits per heavy atom. The molecule has 0 amide bonds. The molecule has 0 bridgehead atoms. The molecular weight excluding hydrogens is 561 g/mol. The van der Waals surface area contributed by atoms with E-state index >= 15 is 0 Å². The fourth-order valence-corrected chi connectivity index (χ4v) is 3.93. The molecule has 6 heteroatoms. The van der Waals surface area contributed by atoms with Crippen LogP contribution in [0.3, 0.4) is 0 Å². The van der Waals surface area contributed by atoms with Gasteiger partial charge < -0.3 is 9.30 Å². The van der Waals surface area contributed by atoms with Crippen LogP contribution in [-0.4, -0.2) is 10.5 Å². The van der Waals surface area contributed by atoms with Gasteiger partial charge >= 0.3 is 5.97 Å². The first-order valence-corrected chi connectivity index (χ1v) is 10.3. The number of hydrogen-bond acceptors (Lipinski definition) is 2. The van der Waals surface area contributed by atoms with E-state index in [1.165, 1.54) is 5.56 Å². The minimum atomic E-state index is -0.359. The summed E-state index contributed by atoms with van der Waals surface area (Å²) in [5, 5.41) is 0. The van der Waals surface area contributed by atoms with Crippen molar-refractivity contribution >= 4 is 60.4 Å². The Bertz CT molecular complexity index is 908. The second-order valence-electron chi connectivity index (χ2n) is 5.40. The van der Waals surface area contributed by atoms with Gasteiger partial charge in [0.25, 0.3) is 0 Å². The standard InChI is InChI=1S/C19H14Br2INO2/c20-15-6-2-1-5-13(15)9-10-23-12-14(22)11-17(23)19(24)25-18-8-4-3-7-16(18)21/h1-8,11-12H,9-10H2. The first kappa shape index (κ1) is 18.7. The van der Waals surface area contributed by atoms with Crippen molar-refractivity contribution in [2.75, 3.05) is 0 Å². The van der Waals surface area contributed by atoms with E-state index in [2.05, 4.69) is 60.5 Å². The first-order valence-electron chi connectivity index (χ1n) is 7.60. The Labute approximate surface area is 176 Å². The van der Waals surface area contributed by atoms with Crippen LogP contribution in [0, 0.1) is 3.57 Å². The van der Waals surface area contributed by atoms with Crippen molar-refractivity contribution in [2.45, 2.75) is 13.0 Å². The number of esters is 1. The van der Waals surface area contributed by atoms with Gasteiger partial charge in [0.05, 0.1) is 4.47 Å². The monoisotopic (exact) mass is 573 g/mol. The molecule has 1 aromatic heterocycles. The van der Waals surface area contributed by atoms with E-state index in [0.717, 1.165) is 18.9 Å². The third kappa shape index (κ3) is 4.74. The van der Waals surface area contributed by atoms with Gasteiger partial charge in [0, 0.05) is 20.8 Å². The van der Waals surface area contributed by atoms with Crippen molar-refractivity contribution in [1.29, 1.82) is 0 Å². The van der Waals surface area contributed by atoms with Gasteiger partial charge in [0.2, 0.25) is 0 Å². The summed E-state index contributed by atoms with van der Waals surface area (Å²) >= 11 is 9.18. The van der Waals surface area contributed by atoms with E-state index in [-0.39, 0.29) is 5.97 Å². The number of ether oxygens (including phenoxy) is 1. The number of halogens is 3. The highest BCUT2D eigenvalue weighted by molar-refractivity contribution is 14.1. The average Bonchev–Trinajstić information content (AvgIpc) is 2.97. The molecular formula is C19H14Br2INO2. The lowest BCUT2D eigenvalue weighted by Crippen LogP contribution is -2.15. The van der Waals surface area contributed by atoms with Crippen LogP contribution in [0.25, 0.3) is 0 Å². The molecule has 0 N–H and O–H groups in total. The second-order valence-corrected chi connectivity index (χ2v) is 8.35. The number of nitrogens with zero attached hydrogens (tertiary/aromatic N) is 1. The van der Waals surface area contributed by atoms with Crippen LogP contribution in [0.15, 0.2) is 69.7 Å².